The first-order valence-electron chi connectivity index (χ1n) is 8.92. The van der Waals surface area contributed by atoms with Gasteiger partial charge in [-0.15, -0.1) is 0 Å². The molecule has 1 aliphatic heterocycles. The van der Waals surface area contributed by atoms with Crippen LogP contribution in [0.15, 0.2) is 24.3 Å². The zero-order chi connectivity index (χ0) is 16.2. The van der Waals surface area contributed by atoms with E-state index in [1.165, 1.54) is 18.4 Å². The van der Waals surface area contributed by atoms with Crippen molar-refractivity contribution in [3.63, 3.8) is 0 Å². The maximum Gasteiger partial charge on any atom is 0.223 e. The van der Waals surface area contributed by atoms with Crippen molar-refractivity contribution in [3.8, 4) is 0 Å². The summed E-state index contributed by atoms with van der Waals surface area (Å²) in [5.74, 6) is 1.04. The average molecular weight is 335 g/mol. The van der Waals surface area contributed by atoms with E-state index in [2.05, 4.69) is 17.1 Å². The molecular weight excluding hydrogens is 308 g/mol. The Morgan fingerprint density at radius 1 is 1.22 bits per heavy atom. The van der Waals surface area contributed by atoms with Crippen molar-refractivity contribution in [3.05, 3.63) is 34.9 Å². The first-order valence-corrected chi connectivity index (χ1v) is 9.30. The first-order chi connectivity index (χ1) is 11.1. The first kappa shape index (κ1) is 16.8. The van der Waals surface area contributed by atoms with Crippen LogP contribution in [0.5, 0.6) is 0 Å². The van der Waals surface area contributed by atoms with Gasteiger partial charge in [-0.05, 0) is 75.7 Å². The Labute approximate surface area is 144 Å². The smallest absolute Gasteiger partial charge is 0.223 e. The number of carbonyl (C=O) groups excluding carboxylic acids is 1. The van der Waals surface area contributed by atoms with E-state index in [1.54, 1.807) is 0 Å². The molecule has 3 rings (SSSR count). The zero-order valence-electron chi connectivity index (χ0n) is 13.9. The summed E-state index contributed by atoms with van der Waals surface area (Å²) in [7, 11) is 0. The third-order valence-electron chi connectivity index (χ3n) is 5.22. The monoisotopic (exact) mass is 334 g/mol. The highest BCUT2D eigenvalue weighted by atomic mass is 35.5. The molecule has 2 aliphatic rings. The Kier molecular flexibility index (Phi) is 5.60. The van der Waals surface area contributed by atoms with Crippen molar-refractivity contribution in [2.24, 2.45) is 5.92 Å². The summed E-state index contributed by atoms with van der Waals surface area (Å²) in [5, 5.41) is 4.14. The number of amides is 1. The van der Waals surface area contributed by atoms with E-state index in [0.29, 0.717) is 24.3 Å². The number of piperidine rings is 1. The number of hydrogen-bond donors (Lipinski definition) is 1. The SMILES string of the molecule is CC(c1ccc(Cl)cc1)N(C(=O)CCC1CCNCC1)C1CC1. The van der Waals surface area contributed by atoms with Crippen LogP contribution in [-0.4, -0.2) is 29.9 Å². The van der Waals surface area contributed by atoms with E-state index < -0.39 is 0 Å². The van der Waals surface area contributed by atoms with Gasteiger partial charge in [-0.2, -0.15) is 0 Å². The van der Waals surface area contributed by atoms with E-state index in [9.17, 15) is 4.79 Å². The van der Waals surface area contributed by atoms with Gasteiger partial charge in [0.25, 0.3) is 0 Å². The van der Waals surface area contributed by atoms with Gasteiger partial charge in [0.1, 0.15) is 0 Å². The molecule has 126 valence electrons. The molecule has 23 heavy (non-hydrogen) atoms. The van der Waals surface area contributed by atoms with Crippen molar-refractivity contribution in [1.29, 1.82) is 0 Å². The second-order valence-corrected chi connectivity index (χ2v) is 7.43. The van der Waals surface area contributed by atoms with Gasteiger partial charge in [-0.3, -0.25) is 4.79 Å². The lowest BCUT2D eigenvalue weighted by atomic mass is 9.93. The molecule has 0 bridgehead atoms. The van der Waals surface area contributed by atoms with Crippen LogP contribution in [0, 0.1) is 5.92 Å². The van der Waals surface area contributed by atoms with Crippen LogP contribution in [0.3, 0.4) is 0 Å². The average Bonchev–Trinajstić information content (AvgIpc) is 3.39. The highest BCUT2D eigenvalue weighted by Crippen LogP contribution is 2.35. The van der Waals surface area contributed by atoms with E-state index in [1.807, 2.05) is 24.3 Å². The minimum atomic E-state index is 0.139. The van der Waals surface area contributed by atoms with Crippen molar-refractivity contribution in [1.82, 2.24) is 10.2 Å². The fourth-order valence-corrected chi connectivity index (χ4v) is 3.74. The van der Waals surface area contributed by atoms with E-state index in [-0.39, 0.29) is 6.04 Å². The number of benzene rings is 1. The highest BCUT2D eigenvalue weighted by Gasteiger charge is 2.36. The van der Waals surface area contributed by atoms with Crippen molar-refractivity contribution in [2.45, 2.75) is 57.5 Å². The molecule has 0 radical (unpaired) electrons. The Hall–Kier alpha value is -1.06. The predicted octanol–water partition coefficient (Wildman–Crippen LogP) is 4.17. The van der Waals surface area contributed by atoms with E-state index in [0.717, 1.165) is 37.4 Å². The van der Waals surface area contributed by atoms with Gasteiger partial charge in [0.15, 0.2) is 0 Å². The van der Waals surface area contributed by atoms with Crippen LogP contribution in [0.25, 0.3) is 0 Å². The van der Waals surface area contributed by atoms with Crippen LogP contribution in [0.4, 0.5) is 0 Å². The van der Waals surface area contributed by atoms with Crippen LogP contribution in [0.2, 0.25) is 5.02 Å². The van der Waals surface area contributed by atoms with Crippen LogP contribution in [0.1, 0.15) is 57.1 Å². The molecule has 3 nitrogen and oxygen atoms in total. The summed E-state index contributed by atoms with van der Waals surface area (Å²) in [6, 6.07) is 8.50. The maximum absolute atomic E-state index is 12.8. The largest absolute Gasteiger partial charge is 0.333 e. The van der Waals surface area contributed by atoms with Gasteiger partial charge in [-0.1, -0.05) is 23.7 Å². The quantitative estimate of drug-likeness (QED) is 0.846. The van der Waals surface area contributed by atoms with E-state index in [4.69, 9.17) is 11.6 Å². The Bertz CT molecular complexity index is 521. The van der Waals surface area contributed by atoms with Gasteiger partial charge in [0, 0.05) is 17.5 Å². The number of halogens is 1. The molecule has 1 aliphatic carbocycles. The zero-order valence-corrected chi connectivity index (χ0v) is 14.7. The molecule has 1 amide bonds. The van der Waals surface area contributed by atoms with Gasteiger partial charge in [-0.25, -0.2) is 0 Å². The molecule has 4 heteroatoms. The summed E-state index contributed by atoms with van der Waals surface area (Å²) in [4.78, 5) is 15.0. The summed E-state index contributed by atoms with van der Waals surface area (Å²) in [5.41, 5.74) is 1.18. The summed E-state index contributed by atoms with van der Waals surface area (Å²) in [6.07, 6.45) is 6.46. The van der Waals surface area contributed by atoms with Crippen molar-refractivity contribution in [2.75, 3.05) is 13.1 Å². The highest BCUT2D eigenvalue weighted by molar-refractivity contribution is 6.30. The molecule has 1 saturated heterocycles. The number of carbonyl (C=O) groups is 1. The molecule has 1 saturated carbocycles. The number of rotatable bonds is 6. The Morgan fingerprint density at radius 3 is 2.48 bits per heavy atom. The molecule has 1 unspecified atom stereocenters. The van der Waals surface area contributed by atoms with Gasteiger partial charge in [0.05, 0.1) is 6.04 Å². The molecule has 1 atom stereocenters. The molecule has 1 aromatic carbocycles. The van der Waals surface area contributed by atoms with Crippen molar-refractivity contribution < 1.29 is 4.79 Å². The van der Waals surface area contributed by atoms with Gasteiger partial charge >= 0.3 is 0 Å². The maximum atomic E-state index is 12.8. The molecule has 0 spiro atoms. The molecule has 1 N–H and O–H groups in total. The second-order valence-electron chi connectivity index (χ2n) is 6.99. The second kappa shape index (κ2) is 7.67. The number of nitrogens with zero attached hydrogens (tertiary/aromatic N) is 1. The standard InChI is InChI=1S/C19H27ClN2O/c1-14(16-3-5-17(20)6-4-16)22(18-7-8-18)19(23)9-2-15-10-12-21-13-11-15/h3-6,14-15,18,21H,2,7-13H2,1H3. The molecule has 1 heterocycles. The van der Waals surface area contributed by atoms with Crippen LogP contribution < -0.4 is 5.32 Å². The third-order valence-corrected chi connectivity index (χ3v) is 5.48. The topological polar surface area (TPSA) is 32.3 Å². The Morgan fingerprint density at radius 2 is 1.87 bits per heavy atom. The van der Waals surface area contributed by atoms with E-state index >= 15 is 0 Å². The lowest BCUT2D eigenvalue weighted by Gasteiger charge is -2.31. The molecule has 1 aromatic rings. The fraction of sp³-hybridized carbons (Fsp3) is 0.632. The predicted molar refractivity (Wildman–Crippen MR) is 94.6 cm³/mol. The fourth-order valence-electron chi connectivity index (χ4n) is 3.62. The third kappa shape index (κ3) is 4.48. The minimum Gasteiger partial charge on any atom is -0.333 e. The van der Waals surface area contributed by atoms with Crippen LogP contribution >= 0.6 is 11.6 Å². The molecule has 0 aromatic heterocycles. The summed E-state index contributed by atoms with van der Waals surface area (Å²) < 4.78 is 0. The lowest BCUT2D eigenvalue weighted by Crippen LogP contribution is -2.36. The van der Waals surface area contributed by atoms with Gasteiger partial charge in [0.2, 0.25) is 5.91 Å². The minimum absolute atomic E-state index is 0.139. The molecular formula is C19H27ClN2O. The molecule has 2 fully saturated rings. The lowest BCUT2D eigenvalue weighted by molar-refractivity contribution is -0.134. The number of hydrogen-bond acceptors (Lipinski definition) is 2. The number of nitrogens with one attached hydrogen (secondary N) is 1. The summed E-state index contributed by atoms with van der Waals surface area (Å²) >= 11 is 5.98. The van der Waals surface area contributed by atoms with Crippen LogP contribution in [-0.2, 0) is 4.79 Å². The van der Waals surface area contributed by atoms with Gasteiger partial charge < -0.3 is 10.2 Å². The van der Waals surface area contributed by atoms with Crippen molar-refractivity contribution >= 4 is 17.5 Å². The normalized spacial score (nSPS) is 20.3. The summed E-state index contributed by atoms with van der Waals surface area (Å²) in [6.45, 7) is 4.35. The Balaban J connectivity index is 1.61.